The molecular weight excluding hydrogens is 222 g/mol. The fraction of sp³-hybridized carbons (Fsp3) is 0.0833. The molecule has 0 aliphatic rings. The van der Waals surface area contributed by atoms with Gasteiger partial charge in [-0.2, -0.15) is 0 Å². The number of carbonyl (C=O) groups excluding carboxylic acids is 1. The Bertz CT molecular complexity index is 559. The third-order valence-electron chi connectivity index (χ3n) is 2.36. The summed E-state index contributed by atoms with van der Waals surface area (Å²) in [6.07, 6.45) is 1.36. The van der Waals surface area contributed by atoms with Crippen LogP contribution in [0.4, 0.5) is 5.69 Å². The number of para-hydroxylation sites is 1. The van der Waals surface area contributed by atoms with Crippen LogP contribution in [0, 0.1) is 0 Å². The molecule has 0 saturated carbocycles. The highest BCUT2D eigenvalue weighted by Gasteiger charge is 2.14. The van der Waals surface area contributed by atoms with Gasteiger partial charge in [0.05, 0.1) is 19.1 Å². The fourth-order valence-corrected chi connectivity index (χ4v) is 1.48. The predicted molar refractivity (Wildman–Crippen MR) is 61.6 cm³/mol. The number of ether oxygens (including phenoxy) is 1. The zero-order chi connectivity index (χ0) is 12.4. The maximum Gasteiger partial charge on any atom is 0.373 e. The van der Waals surface area contributed by atoms with E-state index in [1.807, 2.05) is 0 Å². The van der Waals surface area contributed by atoms with Crippen LogP contribution in [-0.4, -0.2) is 18.2 Å². The summed E-state index contributed by atoms with van der Waals surface area (Å²) < 4.78 is 9.56. The average molecular weight is 233 g/mol. The first kappa shape index (κ1) is 11.1. The highest BCUT2D eigenvalue weighted by molar-refractivity contribution is 5.89. The Balaban J connectivity index is 2.44. The monoisotopic (exact) mass is 233 g/mol. The van der Waals surface area contributed by atoms with Crippen LogP contribution in [-0.2, 0) is 4.74 Å². The number of methoxy groups -OCH3 is 1. The van der Waals surface area contributed by atoms with Gasteiger partial charge in [-0.05, 0) is 12.1 Å². The maximum atomic E-state index is 11.2. The SMILES string of the molecule is COC(=O)c1cc(-c2cccc(N)c2O)co1. The Hall–Kier alpha value is -2.43. The van der Waals surface area contributed by atoms with E-state index in [1.54, 1.807) is 18.2 Å². The number of aromatic hydroxyl groups is 1. The molecule has 3 N–H and O–H groups in total. The largest absolute Gasteiger partial charge is 0.505 e. The van der Waals surface area contributed by atoms with Gasteiger partial charge in [-0.1, -0.05) is 12.1 Å². The Morgan fingerprint density at radius 1 is 1.47 bits per heavy atom. The lowest BCUT2D eigenvalue weighted by atomic mass is 10.1. The van der Waals surface area contributed by atoms with Crippen molar-refractivity contribution in [2.45, 2.75) is 0 Å². The second-order valence-electron chi connectivity index (χ2n) is 3.43. The van der Waals surface area contributed by atoms with Gasteiger partial charge in [0.15, 0.2) is 0 Å². The summed E-state index contributed by atoms with van der Waals surface area (Å²) in [6.45, 7) is 0. The molecule has 0 spiro atoms. The first-order chi connectivity index (χ1) is 8.13. The number of rotatable bonds is 2. The molecule has 0 saturated heterocycles. The van der Waals surface area contributed by atoms with Crippen molar-refractivity contribution in [1.82, 2.24) is 0 Å². The van der Waals surface area contributed by atoms with Crippen molar-refractivity contribution < 1.29 is 19.1 Å². The summed E-state index contributed by atoms with van der Waals surface area (Å²) in [5, 5.41) is 9.77. The molecule has 1 heterocycles. The lowest BCUT2D eigenvalue weighted by Gasteiger charge is -2.03. The van der Waals surface area contributed by atoms with Gasteiger partial charge in [0.1, 0.15) is 5.75 Å². The van der Waals surface area contributed by atoms with Crippen LogP contribution in [0.3, 0.4) is 0 Å². The molecule has 0 atom stereocenters. The topological polar surface area (TPSA) is 85.7 Å². The first-order valence-corrected chi connectivity index (χ1v) is 4.88. The number of hydrogen-bond acceptors (Lipinski definition) is 5. The lowest BCUT2D eigenvalue weighted by Crippen LogP contribution is -1.98. The maximum absolute atomic E-state index is 11.2. The van der Waals surface area contributed by atoms with Crippen molar-refractivity contribution in [3.8, 4) is 16.9 Å². The first-order valence-electron chi connectivity index (χ1n) is 4.88. The van der Waals surface area contributed by atoms with Crippen LogP contribution < -0.4 is 5.73 Å². The molecule has 88 valence electrons. The van der Waals surface area contributed by atoms with Gasteiger partial charge >= 0.3 is 5.97 Å². The molecule has 1 aromatic heterocycles. The van der Waals surface area contributed by atoms with Crippen LogP contribution >= 0.6 is 0 Å². The molecule has 5 nitrogen and oxygen atoms in total. The summed E-state index contributed by atoms with van der Waals surface area (Å²) in [5.41, 5.74) is 6.91. The van der Waals surface area contributed by atoms with Gasteiger partial charge in [-0.3, -0.25) is 0 Å². The second-order valence-corrected chi connectivity index (χ2v) is 3.43. The third kappa shape index (κ3) is 1.94. The van der Waals surface area contributed by atoms with Crippen LogP contribution in [0.2, 0.25) is 0 Å². The van der Waals surface area contributed by atoms with E-state index in [2.05, 4.69) is 4.74 Å². The summed E-state index contributed by atoms with van der Waals surface area (Å²) >= 11 is 0. The fourth-order valence-electron chi connectivity index (χ4n) is 1.48. The van der Waals surface area contributed by atoms with Gasteiger partial charge in [0.25, 0.3) is 0 Å². The normalized spacial score (nSPS) is 10.2. The zero-order valence-corrected chi connectivity index (χ0v) is 9.14. The van der Waals surface area contributed by atoms with Crippen molar-refractivity contribution in [3.63, 3.8) is 0 Å². The molecular formula is C12H11NO4. The zero-order valence-electron chi connectivity index (χ0n) is 9.14. The highest BCUT2D eigenvalue weighted by atomic mass is 16.5. The van der Waals surface area contributed by atoms with E-state index in [-0.39, 0.29) is 17.2 Å². The number of furan rings is 1. The number of hydrogen-bond donors (Lipinski definition) is 2. The molecule has 0 aliphatic carbocycles. The quantitative estimate of drug-likeness (QED) is 0.471. The van der Waals surface area contributed by atoms with Crippen LogP contribution in [0.5, 0.6) is 5.75 Å². The average Bonchev–Trinajstić information content (AvgIpc) is 2.81. The van der Waals surface area contributed by atoms with Crippen molar-refractivity contribution in [2.75, 3.05) is 12.8 Å². The van der Waals surface area contributed by atoms with Gasteiger partial charge in [0, 0.05) is 11.1 Å². The Labute approximate surface area is 97.4 Å². The molecule has 17 heavy (non-hydrogen) atoms. The number of phenols is 1. The van der Waals surface area contributed by atoms with E-state index in [9.17, 15) is 9.90 Å². The minimum absolute atomic E-state index is 0.0373. The summed E-state index contributed by atoms with van der Waals surface area (Å²) in [5.74, 6) is -0.534. The molecule has 1 aromatic carbocycles. The van der Waals surface area contributed by atoms with Gasteiger partial charge in [0.2, 0.25) is 5.76 Å². The molecule has 5 heteroatoms. The number of carbonyl (C=O) groups is 1. The van der Waals surface area contributed by atoms with Crippen LogP contribution in [0.15, 0.2) is 34.9 Å². The lowest BCUT2D eigenvalue weighted by molar-refractivity contribution is 0.0565. The van der Waals surface area contributed by atoms with E-state index in [4.69, 9.17) is 10.2 Å². The van der Waals surface area contributed by atoms with Crippen LogP contribution in [0.25, 0.3) is 11.1 Å². The second kappa shape index (κ2) is 4.21. The minimum atomic E-state index is -0.570. The Morgan fingerprint density at radius 3 is 2.94 bits per heavy atom. The molecule has 2 rings (SSSR count). The highest BCUT2D eigenvalue weighted by Crippen LogP contribution is 2.34. The third-order valence-corrected chi connectivity index (χ3v) is 2.36. The van der Waals surface area contributed by atoms with Crippen molar-refractivity contribution in [3.05, 3.63) is 36.3 Å². The predicted octanol–water partition coefficient (Wildman–Crippen LogP) is 2.02. The smallest absolute Gasteiger partial charge is 0.373 e. The number of esters is 1. The molecule has 0 unspecified atom stereocenters. The summed E-state index contributed by atoms with van der Waals surface area (Å²) in [6, 6.07) is 6.45. The molecule has 0 aliphatic heterocycles. The molecule has 0 fully saturated rings. The number of nitrogen functional groups attached to an aromatic ring is 1. The number of nitrogens with two attached hydrogens (primary N) is 1. The molecule has 0 radical (unpaired) electrons. The molecule has 2 aromatic rings. The Morgan fingerprint density at radius 2 is 2.24 bits per heavy atom. The molecule has 0 bridgehead atoms. The van der Waals surface area contributed by atoms with E-state index < -0.39 is 5.97 Å². The summed E-state index contributed by atoms with van der Waals surface area (Å²) in [4.78, 5) is 11.2. The number of phenolic OH excluding ortho intramolecular Hbond substituents is 1. The minimum Gasteiger partial charge on any atom is -0.505 e. The van der Waals surface area contributed by atoms with Crippen LogP contribution in [0.1, 0.15) is 10.6 Å². The molecule has 0 amide bonds. The Kier molecular flexibility index (Phi) is 2.74. The number of anilines is 1. The standard InChI is InChI=1S/C12H11NO4/c1-16-12(15)10-5-7(6-17-10)8-3-2-4-9(13)11(8)14/h2-6,14H,13H2,1H3. The number of benzene rings is 1. The van der Waals surface area contributed by atoms with E-state index in [0.717, 1.165) is 0 Å². The van der Waals surface area contributed by atoms with E-state index in [0.29, 0.717) is 11.1 Å². The van der Waals surface area contributed by atoms with Gasteiger partial charge < -0.3 is 20.0 Å². The van der Waals surface area contributed by atoms with Crippen molar-refractivity contribution in [1.29, 1.82) is 0 Å². The van der Waals surface area contributed by atoms with Gasteiger partial charge in [-0.25, -0.2) is 4.79 Å². The van der Waals surface area contributed by atoms with Crippen molar-refractivity contribution >= 4 is 11.7 Å². The van der Waals surface area contributed by atoms with Gasteiger partial charge in [-0.15, -0.1) is 0 Å². The van der Waals surface area contributed by atoms with Crippen molar-refractivity contribution in [2.24, 2.45) is 0 Å². The van der Waals surface area contributed by atoms with E-state index >= 15 is 0 Å². The van der Waals surface area contributed by atoms with E-state index in [1.165, 1.54) is 19.4 Å². The summed E-state index contributed by atoms with van der Waals surface area (Å²) in [7, 11) is 1.27.